The van der Waals surface area contributed by atoms with E-state index in [1.807, 2.05) is 4.57 Å². The molecule has 1 fully saturated rings. The Balaban J connectivity index is 1.41. The van der Waals surface area contributed by atoms with E-state index in [4.69, 9.17) is 14.2 Å². The van der Waals surface area contributed by atoms with Gasteiger partial charge in [0.15, 0.2) is 22.5 Å². The Kier molecular flexibility index (Phi) is 7.96. The number of thioether (sulfide) groups is 1. The van der Waals surface area contributed by atoms with Gasteiger partial charge in [0.1, 0.15) is 18.2 Å². The monoisotopic (exact) mass is 490 g/mol. The second-order valence-corrected chi connectivity index (χ2v) is 8.52. The predicted octanol–water partition coefficient (Wildman–Crippen LogP) is 4.05. The van der Waals surface area contributed by atoms with Crippen molar-refractivity contribution in [3.63, 3.8) is 0 Å². The molecule has 34 heavy (non-hydrogen) atoms. The number of benzene rings is 2. The fourth-order valence-electron chi connectivity index (χ4n) is 3.44. The van der Waals surface area contributed by atoms with E-state index in [0.29, 0.717) is 35.6 Å². The highest BCUT2D eigenvalue weighted by Crippen LogP contribution is 2.24. The fraction of sp³-hybridized carbons (Fsp3) is 0.348. The standard InChI is InChI=1S/C23H24F2N4O4S/c1-31-17-7-5-16(6-8-17)26-22(30)14-34-23-28-27-21(29(23)12-18-3-2-10-32-18)13-33-20-9-4-15(24)11-19(20)25/h4-9,11,18H,2-3,10,12-14H2,1H3,(H,26,30)/t18-/m1/s1. The van der Waals surface area contributed by atoms with E-state index in [0.717, 1.165) is 25.0 Å². The summed E-state index contributed by atoms with van der Waals surface area (Å²) in [6.07, 6.45) is 1.85. The number of carbonyl (C=O) groups is 1. The van der Waals surface area contributed by atoms with Crippen molar-refractivity contribution in [2.75, 3.05) is 24.8 Å². The maximum Gasteiger partial charge on any atom is 0.234 e. The number of rotatable bonds is 10. The molecule has 1 N–H and O–H groups in total. The lowest BCUT2D eigenvalue weighted by atomic mass is 10.2. The molecule has 0 saturated carbocycles. The Morgan fingerprint density at radius 3 is 2.76 bits per heavy atom. The Bertz CT molecular complexity index is 1120. The Morgan fingerprint density at radius 2 is 2.06 bits per heavy atom. The largest absolute Gasteiger partial charge is 0.497 e. The van der Waals surface area contributed by atoms with Crippen LogP contribution in [0.2, 0.25) is 0 Å². The third-order valence-electron chi connectivity index (χ3n) is 5.16. The molecule has 1 atom stereocenters. The van der Waals surface area contributed by atoms with Crippen LogP contribution >= 0.6 is 11.8 Å². The van der Waals surface area contributed by atoms with Crippen LogP contribution in [-0.4, -0.2) is 46.2 Å². The number of hydrogen-bond donors (Lipinski definition) is 1. The van der Waals surface area contributed by atoms with Crippen molar-refractivity contribution in [3.05, 3.63) is 59.9 Å². The summed E-state index contributed by atoms with van der Waals surface area (Å²) in [7, 11) is 1.58. The van der Waals surface area contributed by atoms with Gasteiger partial charge in [0.05, 0.1) is 25.5 Å². The van der Waals surface area contributed by atoms with Crippen LogP contribution in [0.5, 0.6) is 11.5 Å². The zero-order valence-corrected chi connectivity index (χ0v) is 19.3. The first kappa shape index (κ1) is 24.0. The predicted molar refractivity (Wildman–Crippen MR) is 122 cm³/mol. The molecule has 0 spiro atoms. The molecule has 1 aliphatic rings. The zero-order chi connectivity index (χ0) is 23.9. The summed E-state index contributed by atoms with van der Waals surface area (Å²) >= 11 is 1.23. The molecule has 1 amide bonds. The van der Waals surface area contributed by atoms with Crippen LogP contribution in [0.15, 0.2) is 47.6 Å². The van der Waals surface area contributed by atoms with Crippen LogP contribution in [0.1, 0.15) is 18.7 Å². The Hall–Kier alpha value is -3.18. The minimum atomic E-state index is -0.796. The highest BCUT2D eigenvalue weighted by molar-refractivity contribution is 7.99. The van der Waals surface area contributed by atoms with Crippen molar-refractivity contribution >= 4 is 23.4 Å². The van der Waals surface area contributed by atoms with Gasteiger partial charge in [-0.15, -0.1) is 10.2 Å². The molecule has 0 bridgehead atoms. The normalized spacial score (nSPS) is 15.3. The number of nitrogens with one attached hydrogen (secondary N) is 1. The summed E-state index contributed by atoms with van der Waals surface area (Å²) in [4.78, 5) is 12.4. The maximum absolute atomic E-state index is 13.9. The van der Waals surface area contributed by atoms with Gasteiger partial charge in [0.2, 0.25) is 5.91 Å². The number of ether oxygens (including phenoxy) is 3. The number of anilines is 1. The van der Waals surface area contributed by atoms with Gasteiger partial charge in [-0.05, 0) is 49.2 Å². The molecule has 4 rings (SSSR count). The Labute approximate surface area is 199 Å². The minimum Gasteiger partial charge on any atom is -0.497 e. The van der Waals surface area contributed by atoms with E-state index in [1.54, 1.807) is 31.4 Å². The molecular weight excluding hydrogens is 466 g/mol. The lowest BCUT2D eigenvalue weighted by Gasteiger charge is -2.15. The molecule has 0 unspecified atom stereocenters. The highest BCUT2D eigenvalue weighted by atomic mass is 32.2. The van der Waals surface area contributed by atoms with E-state index in [-0.39, 0.29) is 30.1 Å². The lowest BCUT2D eigenvalue weighted by Crippen LogP contribution is -2.19. The van der Waals surface area contributed by atoms with E-state index in [1.165, 1.54) is 17.8 Å². The third kappa shape index (κ3) is 6.23. The molecule has 1 aromatic heterocycles. The van der Waals surface area contributed by atoms with Crippen molar-refractivity contribution in [1.29, 1.82) is 0 Å². The lowest BCUT2D eigenvalue weighted by molar-refractivity contribution is -0.113. The van der Waals surface area contributed by atoms with Crippen molar-refractivity contribution in [2.45, 2.75) is 37.3 Å². The first-order valence-electron chi connectivity index (χ1n) is 10.7. The van der Waals surface area contributed by atoms with Crippen LogP contribution in [0.3, 0.4) is 0 Å². The topological polar surface area (TPSA) is 87.5 Å². The van der Waals surface area contributed by atoms with Gasteiger partial charge < -0.3 is 24.1 Å². The summed E-state index contributed by atoms with van der Waals surface area (Å²) in [6.45, 7) is 1.10. The van der Waals surface area contributed by atoms with Crippen LogP contribution < -0.4 is 14.8 Å². The first-order valence-corrected chi connectivity index (χ1v) is 11.7. The van der Waals surface area contributed by atoms with Crippen molar-refractivity contribution in [3.8, 4) is 11.5 Å². The molecule has 180 valence electrons. The molecule has 8 nitrogen and oxygen atoms in total. The second-order valence-electron chi connectivity index (χ2n) is 7.57. The molecule has 1 saturated heterocycles. The van der Waals surface area contributed by atoms with E-state index in [2.05, 4.69) is 15.5 Å². The second kappa shape index (κ2) is 11.3. The molecule has 0 radical (unpaired) electrons. The van der Waals surface area contributed by atoms with Crippen LogP contribution in [0.4, 0.5) is 14.5 Å². The fourth-order valence-corrected chi connectivity index (χ4v) is 4.21. The summed E-state index contributed by atoms with van der Waals surface area (Å²) in [5.74, 6) is -0.493. The van der Waals surface area contributed by atoms with Gasteiger partial charge in [-0.3, -0.25) is 4.79 Å². The average Bonchev–Trinajstić information content (AvgIpc) is 3.48. The van der Waals surface area contributed by atoms with Gasteiger partial charge in [0, 0.05) is 18.4 Å². The number of halogens is 2. The smallest absolute Gasteiger partial charge is 0.234 e. The molecule has 1 aliphatic heterocycles. The summed E-state index contributed by atoms with van der Waals surface area (Å²) < 4.78 is 45.3. The maximum atomic E-state index is 13.9. The van der Waals surface area contributed by atoms with Crippen LogP contribution in [0, 0.1) is 11.6 Å². The minimum absolute atomic E-state index is 0.00946. The number of hydrogen-bond acceptors (Lipinski definition) is 7. The number of nitrogens with zero attached hydrogens (tertiary/aromatic N) is 3. The molecule has 2 heterocycles. The summed E-state index contributed by atoms with van der Waals surface area (Å²) in [6, 6.07) is 10.1. The van der Waals surface area contributed by atoms with Gasteiger partial charge in [-0.1, -0.05) is 11.8 Å². The summed E-state index contributed by atoms with van der Waals surface area (Å²) in [5, 5.41) is 11.7. The molecular formula is C23H24F2N4O4S. The Morgan fingerprint density at radius 1 is 1.24 bits per heavy atom. The first-order chi connectivity index (χ1) is 16.5. The van der Waals surface area contributed by atoms with Crippen molar-refractivity contribution < 1.29 is 27.8 Å². The number of aromatic nitrogens is 3. The van der Waals surface area contributed by atoms with E-state index < -0.39 is 11.6 Å². The van der Waals surface area contributed by atoms with Gasteiger partial charge >= 0.3 is 0 Å². The average molecular weight is 491 g/mol. The van der Waals surface area contributed by atoms with Crippen LogP contribution in [-0.2, 0) is 22.7 Å². The quantitative estimate of drug-likeness (QED) is 0.429. The number of methoxy groups -OCH3 is 1. The summed E-state index contributed by atoms with van der Waals surface area (Å²) in [5.41, 5.74) is 0.655. The number of amides is 1. The van der Waals surface area contributed by atoms with Crippen LogP contribution in [0.25, 0.3) is 0 Å². The number of carbonyl (C=O) groups excluding carboxylic acids is 1. The zero-order valence-electron chi connectivity index (χ0n) is 18.5. The molecule has 3 aromatic rings. The molecule has 11 heteroatoms. The van der Waals surface area contributed by atoms with E-state index >= 15 is 0 Å². The van der Waals surface area contributed by atoms with Gasteiger partial charge in [-0.2, -0.15) is 0 Å². The molecule has 2 aromatic carbocycles. The van der Waals surface area contributed by atoms with Crippen molar-refractivity contribution in [2.24, 2.45) is 0 Å². The highest BCUT2D eigenvalue weighted by Gasteiger charge is 2.22. The third-order valence-corrected chi connectivity index (χ3v) is 6.13. The van der Waals surface area contributed by atoms with E-state index in [9.17, 15) is 13.6 Å². The van der Waals surface area contributed by atoms with Crippen molar-refractivity contribution in [1.82, 2.24) is 14.8 Å². The SMILES string of the molecule is COc1ccc(NC(=O)CSc2nnc(COc3ccc(F)cc3F)n2C[C@H]2CCCO2)cc1. The van der Waals surface area contributed by atoms with Gasteiger partial charge in [0.25, 0.3) is 0 Å². The van der Waals surface area contributed by atoms with Gasteiger partial charge in [-0.25, -0.2) is 8.78 Å². The molecule has 0 aliphatic carbocycles.